The molecule has 0 aliphatic heterocycles. The average molecular weight is 437 g/mol. The lowest BCUT2D eigenvalue weighted by atomic mass is 10.1. The topological polar surface area (TPSA) is 47.6 Å². The predicted octanol–water partition coefficient (Wildman–Crippen LogP) is 6.49. The lowest BCUT2D eigenvalue weighted by molar-refractivity contribution is 0.102. The Kier molecular flexibility index (Phi) is 6.68. The fourth-order valence-corrected chi connectivity index (χ4v) is 3.27. The number of carbonyl (C=O) groups is 1. The molecule has 4 nitrogen and oxygen atoms in total. The zero-order chi connectivity index (χ0) is 20.1. The van der Waals surface area contributed by atoms with Gasteiger partial charge in [0.1, 0.15) is 6.61 Å². The van der Waals surface area contributed by atoms with Crippen molar-refractivity contribution in [3.63, 3.8) is 0 Å². The van der Waals surface area contributed by atoms with Crippen molar-refractivity contribution in [1.29, 1.82) is 0 Å². The van der Waals surface area contributed by atoms with Gasteiger partial charge in [0, 0.05) is 10.6 Å². The molecule has 0 bridgehead atoms. The lowest BCUT2D eigenvalue weighted by Gasteiger charge is -2.14. The van der Waals surface area contributed by atoms with Gasteiger partial charge in [-0.3, -0.25) is 4.79 Å². The molecular formula is C21H16Cl3NO3. The van der Waals surface area contributed by atoms with Crippen molar-refractivity contribution in [2.75, 3.05) is 12.4 Å². The molecule has 1 N–H and O–H groups in total. The zero-order valence-corrected chi connectivity index (χ0v) is 17.1. The van der Waals surface area contributed by atoms with Crippen LogP contribution in [0.1, 0.15) is 15.9 Å². The second-order valence-corrected chi connectivity index (χ2v) is 7.09. The van der Waals surface area contributed by atoms with Crippen LogP contribution in [-0.2, 0) is 6.61 Å². The molecular weight excluding hydrogens is 421 g/mol. The minimum Gasteiger partial charge on any atom is -0.491 e. The Bertz CT molecular complexity index is 994. The highest BCUT2D eigenvalue weighted by Crippen LogP contribution is 2.37. The molecule has 0 heterocycles. The Morgan fingerprint density at radius 2 is 1.71 bits per heavy atom. The van der Waals surface area contributed by atoms with Crippen molar-refractivity contribution in [1.82, 2.24) is 0 Å². The van der Waals surface area contributed by atoms with Crippen LogP contribution in [-0.4, -0.2) is 13.0 Å². The maximum atomic E-state index is 12.7. The largest absolute Gasteiger partial charge is 0.491 e. The molecule has 144 valence electrons. The quantitative estimate of drug-likeness (QED) is 0.480. The number of methoxy groups -OCH3 is 1. The summed E-state index contributed by atoms with van der Waals surface area (Å²) in [7, 11) is 1.49. The number of benzene rings is 3. The summed E-state index contributed by atoms with van der Waals surface area (Å²) in [6.45, 7) is 0.307. The zero-order valence-electron chi connectivity index (χ0n) is 14.8. The first-order chi connectivity index (χ1) is 13.5. The smallest absolute Gasteiger partial charge is 0.255 e. The van der Waals surface area contributed by atoms with Gasteiger partial charge in [-0.25, -0.2) is 0 Å². The standard InChI is InChI=1S/C21H16Cl3NO3/c1-27-20-17(24)9-14(10-19(20)28-12-13-5-3-2-4-6-13)21(26)25-18-8-7-15(22)11-16(18)23/h2-11H,12H2,1H3,(H,25,26). The van der Waals surface area contributed by atoms with Crippen LogP contribution in [0.4, 0.5) is 5.69 Å². The number of anilines is 1. The minimum absolute atomic E-state index is 0.264. The molecule has 28 heavy (non-hydrogen) atoms. The van der Waals surface area contributed by atoms with E-state index in [1.807, 2.05) is 30.3 Å². The Morgan fingerprint density at radius 3 is 2.39 bits per heavy atom. The van der Waals surface area contributed by atoms with E-state index in [1.165, 1.54) is 13.2 Å². The fourth-order valence-electron chi connectivity index (χ4n) is 2.53. The molecule has 0 aliphatic rings. The number of hydrogen-bond donors (Lipinski definition) is 1. The van der Waals surface area contributed by atoms with E-state index in [-0.39, 0.29) is 5.02 Å². The number of amides is 1. The molecule has 1 amide bonds. The highest BCUT2D eigenvalue weighted by Gasteiger charge is 2.17. The summed E-state index contributed by atoms with van der Waals surface area (Å²) >= 11 is 18.3. The molecule has 0 aliphatic carbocycles. The molecule has 3 aromatic carbocycles. The molecule has 0 saturated carbocycles. The van der Waals surface area contributed by atoms with E-state index >= 15 is 0 Å². The number of halogens is 3. The van der Waals surface area contributed by atoms with Crippen LogP contribution < -0.4 is 14.8 Å². The highest BCUT2D eigenvalue weighted by molar-refractivity contribution is 6.37. The van der Waals surface area contributed by atoms with E-state index in [9.17, 15) is 4.79 Å². The summed E-state index contributed by atoms with van der Waals surface area (Å²) in [4.78, 5) is 12.7. The Labute approximate surface area is 177 Å². The van der Waals surface area contributed by atoms with Crippen molar-refractivity contribution in [2.24, 2.45) is 0 Å². The number of ether oxygens (including phenoxy) is 2. The number of rotatable bonds is 6. The normalized spacial score (nSPS) is 10.4. The molecule has 0 radical (unpaired) electrons. The van der Waals surface area contributed by atoms with Crippen LogP contribution in [0.15, 0.2) is 60.7 Å². The first-order valence-electron chi connectivity index (χ1n) is 8.28. The lowest BCUT2D eigenvalue weighted by Crippen LogP contribution is -2.13. The first kappa shape index (κ1) is 20.3. The van der Waals surface area contributed by atoms with Crippen molar-refractivity contribution in [3.8, 4) is 11.5 Å². The van der Waals surface area contributed by atoms with Crippen LogP contribution in [0.2, 0.25) is 15.1 Å². The maximum Gasteiger partial charge on any atom is 0.255 e. The SMILES string of the molecule is COc1c(Cl)cc(C(=O)Nc2ccc(Cl)cc2Cl)cc1OCc1ccccc1. The summed E-state index contributed by atoms with van der Waals surface area (Å²) in [5.74, 6) is 0.336. The van der Waals surface area contributed by atoms with Crippen molar-refractivity contribution < 1.29 is 14.3 Å². The average Bonchev–Trinajstić information content (AvgIpc) is 2.69. The van der Waals surface area contributed by atoms with Crippen molar-refractivity contribution in [3.05, 3.63) is 86.9 Å². The molecule has 3 aromatic rings. The second kappa shape index (κ2) is 9.20. The maximum absolute atomic E-state index is 12.7. The van der Waals surface area contributed by atoms with E-state index in [2.05, 4.69) is 5.32 Å². The van der Waals surface area contributed by atoms with Crippen LogP contribution in [0, 0.1) is 0 Å². The van der Waals surface area contributed by atoms with Crippen LogP contribution in [0.5, 0.6) is 11.5 Å². The summed E-state index contributed by atoms with van der Waals surface area (Å²) < 4.78 is 11.2. The van der Waals surface area contributed by atoms with E-state index < -0.39 is 5.91 Å². The van der Waals surface area contributed by atoms with Gasteiger partial charge < -0.3 is 14.8 Å². The third kappa shape index (κ3) is 4.90. The summed E-state index contributed by atoms with van der Waals surface area (Å²) in [5, 5.41) is 3.81. The Morgan fingerprint density at radius 1 is 0.964 bits per heavy atom. The van der Waals surface area contributed by atoms with Gasteiger partial charge in [0.15, 0.2) is 11.5 Å². The monoisotopic (exact) mass is 435 g/mol. The van der Waals surface area contributed by atoms with Crippen LogP contribution in [0.25, 0.3) is 0 Å². The van der Waals surface area contributed by atoms with Gasteiger partial charge in [-0.05, 0) is 35.9 Å². The van der Waals surface area contributed by atoms with Crippen LogP contribution in [0.3, 0.4) is 0 Å². The number of hydrogen-bond acceptors (Lipinski definition) is 3. The van der Waals surface area contributed by atoms with Crippen LogP contribution >= 0.6 is 34.8 Å². The summed E-state index contributed by atoms with van der Waals surface area (Å²) in [6.07, 6.45) is 0. The third-order valence-corrected chi connectivity index (χ3v) is 4.72. The van der Waals surface area contributed by atoms with Gasteiger partial charge >= 0.3 is 0 Å². The van der Waals surface area contributed by atoms with Gasteiger partial charge in [-0.1, -0.05) is 65.1 Å². The van der Waals surface area contributed by atoms with Crippen molar-refractivity contribution in [2.45, 2.75) is 6.61 Å². The number of nitrogens with one attached hydrogen (secondary N) is 1. The van der Waals surface area contributed by atoms with E-state index in [0.717, 1.165) is 5.56 Å². The molecule has 0 fully saturated rings. The Balaban J connectivity index is 1.84. The fraction of sp³-hybridized carbons (Fsp3) is 0.0952. The minimum atomic E-state index is -0.390. The number of carbonyl (C=O) groups excluding carboxylic acids is 1. The van der Waals surface area contributed by atoms with Gasteiger partial charge in [0.2, 0.25) is 0 Å². The van der Waals surface area contributed by atoms with E-state index in [4.69, 9.17) is 44.3 Å². The van der Waals surface area contributed by atoms with Crippen molar-refractivity contribution >= 4 is 46.4 Å². The molecule has 3 rings (SSSR count). The molecule has 0 saturated heterocycles. The van der Waals surface area contributed by atoms with E-state index in [0.29, 0.717) is 39.4 Å². The molecule has 0 spiro atoms. The van der Waals surface area contributed by atoms with Gasteiger partial charge in [-0.2, -0.15) is 0 Å². The molecule has 0 aromatic heterocycles. The van der Waals surface area contributed by atoms with Gasteiger partial charge in [0.25, 0.3) is 5.91 Å². The second-order valence-electron chi connectivity index (χ2n) is 5.84. The van der Waals surface area contributed by atoms with Gasteiger partial charge in [0.05, 0.1) is 22.8 Å². The van der Waals surface area contributed by atoms with E-state index in [1.54, 1.807) is 24.3 Å². The predicted molar refractivity (Wildman–Crippen MR) is 113 cm³/mol. The first-order valence-corrected chi connectivity index (χ1v) is 9.42. The summed E-state index contributed by atoms with van der Waals surface area (Å²) in [5.41, 5.74) is 1.72. The summed E-state index contributed by atoms with van der Waals surface area (Å²) in [6, 6.07) is 17.5. The molecule has 0 unspecified atom stereocenters. The molecule has 7 heteroatoms. The Hall–Kier alpha value is -2.40. The molecule has 0 atom stereocenters. The highest BCUT2D eigenvalue weighted by atomic mass is 35.5. The van der Waals surface area contributed by atoms with Gasteiger partial charge in [-0.15, -0.1) is 0 Å². The third-order valence-electron chi connectivity index (χ3n) is 3.89.